The first-order valence-corrected chi connectivity index (χ1v) is 10.2. The van der Waals surface area contributed by atoms with Crippen molar-refractivity contribution in [1.29, 1.82) is 0 Å². The molecule has 146 valence electrons. The molecule has 1 atom stereocenters. The zero-order chi connectivity index (χ0) is 18.3. The lowest BCUT2D eigenvalue weighted by Crippen LogP contribution is -2.47. The van der Waals surface area contributed by atoms with Gasteiger partial charge in [0.1, 0.15) is 0 Å². The fraction of sp³-hybridized carbons (Fsp3) is 0.938. The molecule has 3 N–H and O–H groups in total. The predicted molar refractivity (Wildman–Crippen MR) is 115 cm³/mol. The summed E-state index contributed by atoms with van der Waals surface area (Å²) in [6.45, 7) is 15.6. The van der Waals surface area contributed by atoms with Gasteiger partial charge in [0.05, 0.1) is 12.8 Å². The smallest absolute Gasteiger partial charge is 0.209 e. The summed E-state index contributed by atoms with van der Waals surface area (Å²) in [6.07, 6.45) is 3.34. The van der Waals surface area contributed by atoms with Crippen molar-refractivity contribution >= 4 is 40.0 Å². The van der Waals surface area contributed by atoms with Crippen LogP contribution >= 0.6 is 24.0 Å². The quantitative estimate of drug-likeness (QED) is 0.286. The van der Waals surface area contributed by atoms with Crippen LogP contribution in [0.5, 0.6) is 0 Å². The first kappa shape index (κ1) is 26.1. The number of halogens is 1. The van der Waals surface area contributed by atoms with Gasteiger partial charge in [-0.15, -0.1) is 24.0 Å². The average Bonchev–Trinajstić information content (AvgIpc) is 2.30. The van der Waals surface area contributed by atoms with E-state index in [-0.39, 0.29) is 24.0 Å². The lowest BCUT2D eigenvalue weighted by molar-refractivity contribution is 0.346. The molecule has 0 aromatic rings. The molecule has 0 aliphatic rings. The van der Waals surface area contributed by atoms with Gasteiger partial charge in [0.25, 0.3) is 0 Å². The Hall–Kier alpha value is -0.0900. The molecule has 0 aromatic heterocycles. The van der Waals surface area contributed by atoms with Gasteiger partial charge in [-0.05, 0) is 46.0 Å². The Morgan fingerprint density at radius 1 is 1.17 bits per heavy atom. The molecule has 0 saturated heterocycles. The minimum Gasteiger partial charge on any atom is -0.357 e. The third-order valence-corrected chi connectivity index (χ3v) is 4.07. The standard InChI is InChI=1S/C16H36N4O2S.HI/c1-9-17-14(19-13(2)10-11-15(3,4)5)18-12-16(6,7)20-23(8,21)22;/h13,20H,9-12H2,1-8H3,(H2,17,18,19);1H. The minimum absolute atomic E-state index is 0. The van der Waals surface area contributed by atoms with E-state index in [2.05, 4.69) is 48.0 Å². The number of hydrogen-bond donors (Lipinski definition) is 3. The molecule has 1 unspecified atom stereocenters. The average molecular weight is 476 g/mol. The fourth-order valence-electron chi connectivity index (χ4n) is 2.09. The zero-order valence-corrected chi connectivity index (χ0v) is 19.6. The topological polar surface area (TPSA) is 82.6 Å². The van der Waals surface area contributed by atoms with Crippen LogP contribution in [0, 0.1) is 5.41 Å². The second-order valence-electron chi connectivity index (χ2n) is 8.10. The van der Waals surface area contributed by atoms with E-state index >= 15 is 0 Å². The molecule has 0 saturated carbocycles. The maximum absolute atomic E-state index is 11.4. The van der Waals surface area contributed by atoms with Crippen LogP contribution < -0.4 is 15.4 Å². The Balaban J connectivity index is 0. The Labute approximate surface area is 166 Å². The number of nitrogens with zero attached hydrogens (tertiary/aromatic N) is 1. The van der Waals surface area contributed by atoms with Crippen LogP contribution in [0.4, 0.5) is 0 Å². The highest BCUT2D eigenvalue weighted by Crippen LogP contribution is 2.21. The molecule has 0 aliphatic carbocycles. The molecule has 0 rings (SSSR count). The molecular weight excluding hydrogens is 439 g/mol. The van der Waals surface area contributed by atoms with Crippen LogP contribution in [0.3, 0.4) is 0 Å². The number of hydrogen-bond acceptors (Lipinski definition) is 3. The largest absolute Gasteiger partial charge is 0.357 e. The van der Waals surface area contributed by atoms with Crippen LogP contribution in [-0.2, 0) is 10.0 Å². The van der Waals surface area contributed by atoms with Crippen molar-refractivity contribution in [3.8, 4) is 0 Å². The van der Waals surface area contributed by atoms with Crippen LogP contribution in [0.15, 0.2) is 4.99 Å². The minimum atomic E-state index is -3.25. The van der Waals surface area contributed by atoms with E-state index in [1.165, 1.54) is 0 Å². The van der Waals surface area contributed by atoms with Crippen molar-refractivity contribution in [2.24, 2.45) is 10.4 Å². The molecule has 0 aromatic carbocycles. The molecule has 0 amide bonds. The summed E-state index contributed by atoms with van der Waals surface area (Å²) in [5.74, 6) is 0.720. The Morgan fingerprint density at radius 2 is 1.71 bits per heavy atom. The van der Waals surface area contributed by atoms with Gasteiger partial charge < -0.3 is 10.6 Å². The number of nitrogens with one attached hydrogen (secondary N) is 3. The van der Waals surface area contributed by atoms with Crippen molar-refractivity contribution in [1.82, 2.24) is 15.4 Å². The Kier molecular flexibility index (Phi) is 11.8. The molecule has 0 heterocycles. The summed E-state index contributed by atoms with van der Waals surface area (Å²) in [5, 5.41) is 6.60. The van der Waals surface area contributed by atoms with Crippen molar-refractivity contribution in [3.63, 3.8) is 0 Å². The maximum Gasteiger partial charge on any atom is 0.209 e. The van der Waals surface area contributed by atoms with E-state index in [1.54, 1.807) is 0 Å². The number of guanidine groups is 1. The molecule has 0 aliphatic heterocycles. The molecule has 8 heteroatoms. The van der Waals surface area contributed by atoms with E-state index in [0.29, 0.717) is 18.0 Å². The normalized spacial score (nSPS) is 14.8. The Bertz CT molecular complexity index is 485. The first-order valence-electron chi connectivity index (χ1n) is 8.28. The molecule has 0 bridgehead atoms. The third kappa shape index (κ3) is 15.4. The van der Waals surface area contributed by atoms with E-state index < -0.39 is 15.6 Å². The van der Waals surface area contributed by atoms with Crippen LogP contribution in [-0.4, -0.2) is 45.3 Å². The highest BCUT2D eigenvalue weighted by molar-refractivity contribution is 14.0. The van der Waals surface area contributed by atoms with Gasteiger partial charge in [-0.1, -0.05) is 20.8 Å². The molecular formula is C16H37IN4O2S. The molecule has 6 nitrogen and oxygen atoms in total. The molecule has 0 fully saturated rings. The highest BCUT2D eigenvalue weighted by atomic mass is 127. The van der Waals surface area contributed by atoms with Crippen molar-refractivity contribution in [2.45, 2.75) is 72.9 Å². The molecule has 24 heavy (non-hydrogen) atoms. The van der Waals surface area contributed by atoms with E-state index in [1.807, 2.05) is 20.8 Å². The van der Waals surface area contributed by atoms with Crippen molar-refractivity contribution in [2.75, 3.05) is 19.3 Å². The van der Waals surface area contributed by atoms with Gasteiger partial charge in [-0.2, -0.15) is 0 Å². The van der Waals surface area contributed by atoms with Crippen molar-refractivity contribution < 1.29 is 8.42 Å². The summed E-state index contributed by atoms with van der Waals surface area (Å²) < 4.78 is 25.4. The SMILES string of the molecule is CCNC(=NCC(C)(C)NS(C)(=O)=O)NC(C)CCC(C)(C)C.I. The Morgan fingerprint density at radius 3 is 2.12 bits per heavy atom. The lowest BCUT2D eigenvalue weighted by Gasteiger charge is -2.25. The van der Waals surface area contributed by atoms with Crippen LogP contribution in [0.1, 0.15) is 61.3 Å². The second-order valence-corrected chi connectivity index (χ2v) is 9.85. The summed E-state index contributed by atoms with van der Waals surface area (Å²) in [5.41, 5.74) is -0.308. The number of rotatable bonds is 8. The number of aliphatic imine (C=N–C) groups is 1. The lowest BCUT2D eigenvalue weighted by atomic mass is 9.89. The van der Waals surface area contributed by atoms with Gasteiger partial charge in [0.2, 0.25) is 10.0 Å². The molecule has 0 spiro atoms. The van der Waals surface area contributed by atoms with E-state index in [9.17, 15) is 8.42 Å². The summed E-state index contributed by atoms with van der Waals surface area (Å²) in [6, 6.07) is 0.304. The van der Waals surface area contributed by atoms with Gasteiger partial charge in [0.15, 0.2) is 5.96 Å². The first-order chi connectivity index (χ1) is 10.2. The fourth-order valence-corrected chi connectivity index (χ4v) is 3.15. The summed E-state index contributed by atoms with van der Waals surface area (Å²) >= 11 is 0. The summed E-state index contributed by atoms with van der Waals surface area (Å²) in [7, 11) is -3.25. The van der Waals surface area contributed by atoms with Gasteiger partial charge in [-0.25, -0.2) is 13.1 Å². The maximum atomic E-state index is 11.4. The number of sulfonamides is 1. The van der Waals surface area contributed by atoms with Crippen molar-refractivity contribution in [3.05, 3.63) is 0 Å². The molecule has 0 radical (unpaired) electrons. The van der Waals surface area contributed by atoms with E-state index in [0.717, 1.165) is 31.6 Å². The highest BCUT2D eigenvalue weighted by Gasteiger charge is 2.22. The second kappa shape index (κ2) is 10.8. The third-order valence-electron chi connectivity index (χ3n) is 3.15. The van der Waals surface area contributed by atoms with Gasteiger partial charge >= 0.3 is 0 Å². The predicted octanol–water partition coefficient (Wildman–Crippen LogP) is 2.70. The van der Waals surface area contributed by atoms with Gasteiger partial charge in [0, 0.05) is 18.1 Å². The summed E-state index contributed by atoms with van der Waals surface area (Å²) in [4.78, 5) is 4.52. The van der Waals surface area contributed by atoms with Crippen LogP contribution in [0.2, 0.25) is 0 Å². The van der Waals surface area contributed by atoms with Gasteiger partial charge in [-0.3, -0.25) is 4.99 Å². The van der Waals surface area contributed by atoms with E-state index in [4.69, 9.17) is 0 Å². The monoisotopic (exact) mass is 476 g/mol. The zero-order valence-electron chi connectivity index (χ0n) is 16.5. The van der Waals surface area contributed by atoms with Crippen LogP contribution in [0.25, 0.3) is 0 Å².